The van der Waals surface area contributed by atoms with Crippen LogP contribution in [-0.4, -0.2) is 60.5 Å². The number of carbonyl (C=O) groups is 2. The summed E-state index contributed by atoms with van der Waals surface area (Å²) in [6.45, 7) is 6.82. The van der Waals surface area contributed by atoms with E-state index >= 15 is 0 Å². The van der Waals surface area contributed by atoms with Gasteiger partial charge in [0, 0.05) is 26.1 Å². The number of morpholine rings is 1. The van der Waals surface area contributed by atoms with E-state index in [1.165, 1.54) is 11.3 Å². The third-order valence-corrected chi connectivity index (χ3v) is 4.64. The second-order valence-corrected chi connectivity index (χ2v) is 5.93. The van der Waals surface area contributed by atoms with Gasteiger partial charge in [0.1, 0.15) is 0 Å². The van der Waals surface area contributed by atoms with E-state index < -0.39 is 0 Å². The summed E-state index contributed by atoms with van der Waals surface area (Å²) >= 11 is 1.44. The molecule has 0 aliphatic carbocycles. The smallest absolute Gasteiger partial charge is 0.320 e. The van der Waals surface area contributed by atoms with E-state index in [2.05, 4.69) is 0 Å². The lowest BCUT2D eigenvalue weighted by Crippen LogP contribution is -2.54. The number of urea groups is 1. The number of nitrogens with zero attached hydrogens (tertiary/aromatic N) is 2. The minimum absolute atomic E-state index is 0.00674. The molecule has 0 bridgehead atoms. The fraction of sp³-hybridized carbons (Fsp3) is 0.600. The highest BCUT2D eigenvalue weighted by atomic mass is 32.1. The average Bonchev–Trinajstić information content (AvgIpc) is 3.03. The SMILES string of the molecule is CCN(CC)C(=O)N1CCOC[C@@H]1CC(=O)c1cccs1. The van der Waals surface area contributed by atoms with Crippen LogP contribution in [0.5, 0.6) is 0 Å². The number of thiophene rings is 1. The first-order chi connectivity index (χ1) is 10.2. The maximum absolute atomic E-state index is 12.5. The fourth-order valence-corrected chi connectivity index (χ4v) is 3.18. The van der Waals surface area contributed by atoms with Crippen LogP contribution < -0.4 is 0 Å². The van der Waals surface area contributed by atoms with Gasteiger partial charge in [0.05, 0.1) is 24.1 Å². The molecule has 1 aliphatic rings. The first-order valence-electron chi connectivity index (χ1n) is 7.37. The lowest BCUT2D eigenvalue weighted by Gasteiger charge is -2.38. The number of hydrogen-bond donors (Lipinski definition) is 0. The topological polar surface area (TPSA) is 49.9 Å². The van der Waals surface area contributed by atoms with Gasteiger partial charge in [0.2, 0.25) is 0 Å². The van der Waals surface area contributed by atoms with Crippen LogP contribution >= 0.6 is 11.3 Å². The van der Waals surface area contributed by atoms with Gasteiger partial charge in [-0.25, -0.2) is 4.79 Å². The summed E-state index contributed by atoms with van der Waals surface area (Å²) in [6.07, 6.45) is 0.327. The molecule has 0 radical (unpaired) electrons. The van der Waals surface area contributed by atoms with Crippen molar-refractivity contribution in [3.8, 4) is 0 Å². The van der Waals surface area contributed by atoms with Gasteiger partial charge in [0.25, 0.3) is 0 Å². The molecular formula is C15H22N2O3S. The third-order valence-electron chi connectivity index (χ3n) is 3.72. The van der Waals surface area contributed by atoms with Gasteiger partial charge in [-0.2, -0.15) is 0 Å². The third kappa shape index (κ3) is 3.83. The van der Waals surface area contributed by atoms with E-state index in [-0.39, 0.29) is 17.9 Å². The van der Waals surface area contributed by atoms with Gasteiger partial charge in [-0.3, -0.25) is 4.79 Å². The summed E-state index contributed by atoms with van der Waals surface area (Å²) in [5, 5.41) is 1.89. The van der Waals surface area contributed by atoms with Crippen molar-refractivity contribution in [1.29, 1.82) is 0 Å². The number of carbonyl (C=O) groups excluding carboxylic acids is 2. The number of amides is 2. The van der Waals surface area contributed by atoms with E-state index in [0.717, 1.165) is 4.88 Å². The standard InChI is InChI=1S/C15H22N2O3S/c1-3-16(4-2)15(19)17-7-8-20-11-12(17)10-13(18)14-6-5-9-21-14/h5-6,9,12H,3-4,7-8,10-11H2,1-2H3/t12-/m0/s1. The average molecular weight is 310 g/mol. The zero-order valence-corrected chi connectivity index (χ0v) is 13.4. The summed E-state index contributed by atoms with van der Waals surface area (Å²) < 4.78 is 5.47. The maximum atomic E-state index is 12.5. The number of hydrogen-bond acceptors (Lipinski definition) is 4. The molecule has 0 N–H and O–H groups in total. The fourth-order valence-electron chi connectivity index (χ4n) is 2.50. The van der Waals surface area contributed by atoms with Crippen LogP contribution in [0.15, 0.2) is 17.5 Å². The summed E-state index contributed by atoms with van der Waals surface area (Å²) in [5.74, 6) is 0.0813. The van der Waals surface area contributed by atoms with Crippen molar-refractivity contribution in [2.24, 2.45) is 0 Å². The molecule has 0 aromatic carbocycles. The minimum Gasteiger partial charge on any atom is -0.377 e. The van der Waals surface area contributed by atoms with Crippen LogP contribution in [-0.2, 0) is 4.74 Å². The van der Waals surface area contributed by atoms with Crippen molar-refractivity contribution in [1.82, 2.24) is 9.80 Å². The second-order valence-electron chi connectivity index (χ2n) is 4.98. The first kappa shape index (κ1) is 16.0. The molecule has 0 saturated carbocycles. The Morgan fingerprint density at radius 1 is 1.43 bits per heavy atom. The molecule has 2 amide bonds. The molecule has 5 nitrogen and oxygen atoms in total. The highest BCUT2D eigenvalue weighted by Gasteiger charge is 2.31. The van der Waals surface area contributed by atoms with Gasteiger partial charge in [-0.15, -0.1) is 11.3 Å². The predicted molar refractivity (Wildman–Crippen MR) is 82.9 cm³/mol. The van der Waals surface area contributed by atoms with Crippen molar-refractivity contribution in [2.75, 3.05) is 32.8 Å². The Kier molecular flexibility index (Phi) is 5.76. The summed E-state index contributed by atoms with van der Waals surface area (Å²) in [7, 11) is 0. The maximum Gasteiger partial charge on any atom is 0.320 e. The Balaban J connectivity index is 2.05. The predicted octanol–water partition coefficient (Wildman–Crippen LogP) is 2.48. The van der Waals surface area contributed by atoms with Crippen molar-refractivity contribution < 1.29 is 14.3 Å². The van der Waals surface area contributed by atoms with Crippen LogP contribution in [0, 0.1) is 0 Å². The van der Waals surface area contributed by atoms with Gasteiger partial charge in [0.15, 0.2) is 5.78 Å². The monoisotopic (exact) mass is 310 g/mol. The van der Waals surface area contributed by atoms with Crippen molar-refractivity contribution in [3.05, 3.63) is 22.4 Å². The Morgan fingerprint density at radius 3 is 2.81 bits per heavy atom. The normalized spacial score (nSPS) is 18.6. The van der Waals surface area contributed by atoms with Gasteiger partial charge < -0.3 is 14.5 Å². The molecule has 1 saturated heterocycles. The molecule has 1 aromatic rings. The number of ketones is 1. The Labute approximate surface area is 129 Å². The van der Waals surface area contributed by atoms with Crippen LogP contribution in [0.4, 0.5) is 4.79 Å². The molecule has 1 aromatic heterocycles. The molecule has 6 heteroatoms. The summed E-state index contributed by atoms with van der Waals surface area (Å²) in [6, 6.07) is 3.54. The van der Waals surface area contributed by atoms with E-state index in [0.29, 0.717) is 39.3 Å². The molecule has 1 fully saturated rings. The lowest BCUT2D eigenvalue weighted by atomic mass is 10.1. The molecule has 2 rings (SSSR count). The van der Waals surface area contributed by atoms with Crippen molar-refractivity contribution in [2.45, 2.75) is 26.3 Å². The molecule has 1 atom stereocenters. The van der Waals surface area contributed by atoms with Gasteiger partial charge in [-0.05, 0) is 25.3 Å². The molecule has 2 heterocycles. The van der Waals surface area contributed by atoms with E-state index in [1.807, 2.05) is 31.4 Å². The van der Waals surface area contributed by atoms with Crippen molar-refractivity contribution >= 4 is 23.2 Å². The molecular weight excluding hydrogens is 288 g/mol. The largest absolute Gasteiger partial charge is 0.377 e. The Bertz CT molecular complexity index is 471. The van der Waals surface area contributed by atoms with E-state index in [1.54, 1.807) is 9.80 Å². The van der Waals surface area contributed by atoms with Crippen LogP contribution in [0.25, 0.3) is 0 Å². The Morgan fingerprint density at radius 2 is 2.19 bits per heavy atom. The number of Topliss-reactive ketones (excluding diaryl/α,β-unsaturated/α-hetero) is 1. The zero-order valence-electron chi connectivity index (χ0n) is 12.6. The van der Waals surface area contributed by atoms with E-state index in [4.69, 9.17) is 4.74 Å². The highest BCUT2D eigenvalue weighted by Crippen LogP contribution is 2.18. The molecule has 0 unspecified atom stereocenters. The Hall–Kier alpha value is -1.40. The number of rotatable bonds is 5. The summed E-state index contributed by atoms with van der Waals surface area (Å²) in [5.41, 5.74) is 0. The molecule has 21 heavy (non-hydrogen) atoms. The van der Waals surface area contributed by atoms with Crippen LogP contribution in [0.2, 0.25) is 0 Å². The quantitative estimate of drug-likeness (QED) is 0.785. The number of ether oxygens (including phenoxy) is 1. The lowest BCUT2D eigenvalue weighted by molar-refractivity contribution is 0.00321. The minimum atomic E-state index is -0.165. The van der Waals surface area contributed by atoms with Gasteiger partial charge in [-0.1, -0.05) is 6.07 Å². The first-order valence-corrected chi connectivity index (χ1v) is 8.25. The van der Waals surface area contributed by atoms with Crippen LogP contribution in [0.1, 0.15) is 29.9 Å². The van der Waals surface area contributed by atoms with Gasteiger partial charge >= 0.3 is 6.03 Å². The molecule has 1 aliphatic heterocycles. The highest BCUT2D eigenvalue weighted by molar-refractivity contribution is 7.12. The second kappa shape index (κ2) is 7.56. The van der Waals surface area contributed by atoms with E-state index in [9.17, 15) is 9.59 Å². The molecule has 116 valence electrons. The van der Waals surface area contributed by atoms with Crippen LogP contribution in [0.3, 0.4) is 0 Å². The molecule has 0 spiro atoms. The summed E-state index contributed by atoms with van der Waals surface area (Å²) in [4.78, 5) is 29.1. The van der Waals surface area contributed by atoms with Crippen molar-refractivity contribution in [3.63, 3.8) is 0 Å². The zero-order chi connectivity index (χ0) is 15.2.